The van der Waals surface area contributed by atoms with Crippen molar-refractivity contribution < 1.29 is 18.8 Å². The van der Waals surface area contributed by atoms with Gasteiger partial charge in [0.05, 0.1) is 16.6 Å². The van der Waals surface area contributed by atoms with E-state index in [0.29, 0.717) is 16.5 Å². The van der Waals surface area contributed by atoms with Crippen molar-refractivity contribution in [2.45, 2.75) is 38.3 Å². The highest BCUT2D eigenvalue weighted by molar-refractivity contribution is 6.30. The molecule has 0 saturated heterocycles. The molecule has 9 heteroatoms. The third-order valence-corrected chi connectivity index (χ3v) is 5.91. The summed E-state index contributed by atoms with van der Waals surface area (Å²) >= 11 is 5.81. The summed E-state index contributed by atoms with van der Waals surface area (Å²) in [7, 11) is 0. The van der Waals surface area contributed by atoms with Crippen molar-refractivity contribution >= 4 is 40.1 Å². The number of hydrogen-bond donors (Lipinski definition) is 2. The van der Waals surface area contributed by atoms with Gasteiger partial charge in [-0.2, -0.15) is 5.10 Å². The van der Waals surface area contributed by atoms with Crippen LogP contribution < -0.4 is 11.1 Å². The summed E-state index contributed by atoms with van der Waals surface area (Å²) < 4.78 is 15.5. The van der Waals surface area contributed by atoms with E-state index in [1.165, 1.54) is 10.7 Å². The molecule has 1 heterocycles. The number of amides is 2. The fourth-order valence-corrected chi connectivity index (χ4v) is 4.02. The number of carbonyl (C=O) groups is 3. The van der Waals surface area contributed by atoms with Gasteiger partial charge >= 0.3 is 0 Å². The highest BCUT2D eigenvalue weighted by Gasteiger charge is 2.37. The minimum atomic E-state index is -0.681. The van der Waals surface area contributed by atoms with E-state index in [-0.39, 0.29) is 41.8 Å². The largest absolute Gasteiger partial charge is 0.364 e. The maximum absolute atomic E-state index is 14.1. The Hall–Kier alpha value is -3.26. The maximum atomic E-state index is 14.1. The highest BCUT2D eigenvalue weighted by atomic mass is 35.5. The van der Waals surface area contributed by atoms with E-state index in [4.69, 9.17) is 17.3 Å². The number of rotatable bonds is 9. The van der Waals surface area contributed by atoms with Crippen molar-refractivity contribution in [1.29, 1.82) is 0 Å². The summed E-state index contributed by atoms with van der Waals surface area (Å²) in [5.41, 5.74) is 6.46. The second kappa shape index (κ2) is 9.08. The van der Waals surface area contributed by atoms with Gasteiger partial charge in [-0.1, -0.05) is 41.9 Å². The van der Waals surface area contributed by atoms with Crippen molar-refractivity contribution in [3.63, 3.8) is 0 Å². The summed E-state index contributed by atoms with van der Waals surface area (Å²) in [6.07, 6.45) is 1.99. The molecular formula is C23H22ClFN4O3. The molecule has 1 aromatic heterocycles. The van der Waals surface area contributed by atoms with Gasteiger partial charge in [-0.25, -0.2) is 4.39 Å². The van der Waals surface area contributed by atoms with Gasteiger partial charge in [0.1, 0.15) is 12.4 Å². The molecule has 1 fully saturated rings. The number of para-hydroxylation sites is 1. The van der Waals surface area contributed by atoms with Gasteiger partial charge in [-0.3, -0.25) is 19.1 Å². The van der Waals surface area contributed by atoms with Crippen LogP contribution in [-0.2, 0) is 22.6 Å². The average Bonchev–Trinajstić information content (AvgIpc) is 3.55. The number of ketones is 1. The first kappa shape index (κ1) is 22.0. The Kier molecular flexibility index (Phi) is 6.23. The molecule has 0 unspecified atom stereocenters. The predicted molar refractivity (Wildman–Crippen MR) is 118 cm³/mol. The van der Waals surface area contributed by atoms with Crippen molar-refractivity contribution in [1.82, 2.24) is 15.1 Å². The van der Waals surface area contributed by atoms with Crippen LogP contribution in [0.15, 0.2) is 42.5 Å². The first-order chi connectivity index (χ1) is 15.3. The Morgan fingerprint density at radius 3 is 2.66 bits per heavy atom. The van der Waals surface area contributed by atoms with Crippen LogP contribution in [0.4, 0.5) is 4.39 Å². The number of carbonyl (C=O) groups excluding carboxylic acids is 3. The standard InChI is InChI=1S/C23H22ClFN4O3/c24-16-6-3-4-13(20(16)25)10-11-18(30)21(14-8-9-14)27-19(31)12-29-17-7-2-1-5-15(17)22(28-29)23(26)32/h1-7,14,21H,8-12H2,(H2,26,32)(H,27,31)/t21-/m0/s1. The Morgan fingerprint density at radius 2 is 1.94 bits per heavy atom. The van der Waals surface area contributed by atoms with Crippen LogP contribution in [0.2, 0.25) is 5.02 Å². The molecule has 2 aromatic carbocycles. The van der Waals surface area contributed by atoms with Crippen LogP contribution >= 0.6 is 11.6 Å². The first-order valence-electron chi connectivity index (χ1n) is 10.4. The van der Waals surface area contributed by atoms with Crippen LogP contribution in [0.5, 0.6) is 0 Å². The van der Waals surface area contributed by atoms with Gasteiger partial charge in [-0.15, -0.1) is 0 Å². The summed E-state index contributed by atoms with van der Waals surface area (Å²) in [6, 6.07) is 11.0. The molecule has 0 spiro atoms. The molecule has 7 nitrogen and oxygen atoms in total. The molecule has 4 rings (SSSR count). The molecule has 3 aromatic rings. The SMILES string of the molecule is NC(=O)c1nn(CC(=O)N[C@H](C(=O)CCc2cccc(Cl)c2F)C2CC2)c2ccccc12. The van der Waals surface area contributed by atoms with Gasteiger partial charge in [0.25, 0.3) is 5.91 Å². The zero-order chi connectivity index (χ0) is 22.8. The number of halogens is 2. The van der Waals surface area contributed by atoms with Gasteiger partial charge in [0.2, 0.25) is 5.91 Å². The number of nitrogens with one attached hydrogen (secondary N) is 1. The number of nitrogens with two attached hydrogens (primary N) is 1. The zero-order valence-corrected chi connectivity index (χ0v) is 17.9. The van der Waals surface area contributed by atoms with E-state index in [0.717, 1.165) is 12.8 Å². The second-order valence-corrected chi connectivity index (χ2v) is 8.36. The number of primary amides is 1. The summed E-state index contributed by atoms with van der Waals surface area (Å²) in [5.74, 6) is -1.67. The molecule has 1 saturated carbocycles. The molecule has 166 valence electrons. The summed E-state index contributed by atoms with van der Waals surface area (Å²) in [6.45, 7) is -0.160. The quantitative estimate of drug-likeness (QED) is 0.516. The monoisotopic (exact) mass is 456 g/mol. The number of nitrogens with zero attached hydrogens (tertiary/aromatic N) is 2. The minimum Gasteiger partial charge on any atom is -0.364 e. The third kappa shape index (κ3) is 4.65. The first-order valence-corrected chi connectivity index (χ1v) is 10.7. The Balaban J connectivity index is 1.44. The molecule has 1 aliphatic rings. The van der Waals surface area contributed by atoms with Crippen LogP contribution in [0, 0.1) is 11.7 Å². The molecule has 0 bridgehead atoms. The fourth-order valence-electron chi connectivity index (χ4n) is 3.83. The van der Waals surface area contributed by atoms with E-state index in [1.807, 2.05) is 0 Å². The number of fused-ring (bicyclic) bond motifs is 1. The number of benzene rings is 2. The Morgan fingerprint density at radius 1 is 1.19 bits per heavy atom. The number of aromatic nitrogens is 2. The Bertz CT molecular complexity index is 1210. The minimum absolute atomic E-state index is 0.0174. The van der Waals surface area contributed by atoms with E-state index >= 15 is 0 Å². The predicted octanol–water partition coefficient (Wildman–Crippen LogP) is 3.02. The molecule has 0 radical (unpaired) electrons. The van der Waals surface area contributed by atoms with Crippen molar-refractivity contribution in [3.05, 3.63) is 64.6 Å². The molecular weight excluding hydrogens is 435 g/mol. The summed E-state index contributed by atoms with van der Waals surface area (Å²) in [5, 5.41) is 7.56. The lowest BCUT2D eigenvalue weighted by atomic mass is 10.00. The van der Waals surface area contributed by atoms with Crippen molar-refractivity contribution in [2.24, 2.45) is 11.7 Å². The van der Waals surface area contributed by atoms with Crippen LogP contribution in [0.1, 0.15) is 35.3 Å². The fraction of sp³-hybridized carbons (Fsp3) is 0.304. The maximum Gasteiger partial charge on any atom is 0.269 e. The van der Waals surface area contributed by atoms with E-state index in [1.54, 1.807) is 36.4 Å². The van der Waals surface area contributed by atoms with E-state index in [2.05, 4.69) is 10.4 Å². The normalized spacial score (nSPS) is 14.3. The summed E-state index contributed by atoms with van der Waals surface area (Å²) in [4.78, 5) is 37.3. The Labute approximate surface area is 188 Å². The lowest BCUT2D eigenvalue weighted by molar-refractivity contribution is -0.128. The van der Waals surface area contributed by atoms with Gasteiger partial charge < -0.3 is 11.1 Å². The number of aryl methyl sites for hydroxylation is 1. The smallest absolute Gasteiger partial charge is 0.269 e. The van der Waals surface area contributed by atoms with Gasteiger partial charge in [0, 0.05) is 11.8 Å². The topological polar surface area (TPSA) is 107 Å². The molecule has 2 amide bonds. The lowest BCUT2D eigenvalue weighted by Crippen LogP contribution is -2.44. The lowest BCUT2D eigenvalue weighted by Gasteiger charge is -2.17. The second-order valence-electron chi connectivity index (χ2n) is 7.95. The third-order valence-electron chi connectivity index (χ3n) is 5.61. The number of Topliss-reactive ketones (excluding diaryl/α,β-unsaturated/α-hetero) is 1. The van der Waals surface area contributed by atoms with Crippen LogP contribution in [0.3, 0.4) is 0 Å². The average molecular weight is 457 g/mol. The van der Waals surface area contributed by atoms with Crippen LogP contribution in [-0.4, -0.2) is 33.4 Å². The molecule has 1 aliphatic carbocycles. The van der Waals surface area contributed by atoms with E-state index in [9.17, 15) is 18.8 Å². The van der Waals surface area contributed by atoms with Crippen LogP contribution in [0.25, 0.3) is 10.9 Å². The molecule has 3 N–H and O–H groups in total. The van der Waals surface area contributed by atoms with E-state index < -0.39 is 23.7 Å². The molecule has 0 aliphatic heterocycles. The van der Waals surface area contributed by atoms with Crippen molar-refractivity contribution in [3.8, 4) is 0 Å². The highest BCUT2D eigenvalue weighted by Crippen LogP contribution is 2.34. The zero-order valence-electron chi connectivity index (χ0n) is 17.2. The number of hydrogen-bond acceptors (Lipinski definition) is 4. The van der Waals surface area contributed by atoms with Gasteiger partial charge in [-0.05, 0) is 42.9 Å². The molecule has 32 heavy (non-hydrogen) atoms. The van der Waals surface area contributed by atoms with Crippen molar-refractivity contribution in [2.75, 3.05) is 0 Å². The van der Waals surface area contributed by atoms with Gasteiger partial charge in [0.15, 0.2) is 11.5 Å². The molecule has 1 atom stereocenters.